The molecule has 5 rings (SSSR count). The maximum Gasteiger partial charge on any atom is 0.407 e. The van der Waals surface area contributed by atoms with Crippen LogP contribution in [0.2, 0.25) is 0 Å². The van der Waals surface area contributed by atoms with Crippen molar-refractivity contribution < 1.29 is 29.0 Å². The number of carboxylic acid groups (broad SMARTS) is 1. The second kappa shape index (κ2) is 8.72. The summed E-state index contributed by atoms with van der Waals surface area (Å²) in [6, 6.07) is 15.0. The predicted octanol–water partition coefficient (Wildman–Crippen LogP) is 2.20. The van der Waals surface area contributed by atoms with Gasteiger partial charge in [0.25, 0.3) is 0 Å². The van der Waals surface area contributed by atoms with Crippen molar-refractivity contribution in [2.75, 3.05) is 26.7 Å². The lowest BCUT2D eigenvalue weighted by atomic mass is 9.98. The van der Waals surface area contributed by atoms with E-state index in [2.05, 4.69) is 17.4 Å². The van der Waals surface area contributed by atoms with Crippen molar-refractivity contribution >= 4 is 23.9 Å². The highest BCUT2D eigenvalue weighted by Gasteiger charge is 2.49. The number of hydrogen-bond donors (Lipinski definition) is 2. The molecule has 1 saturated carbocycles. The summed E-state index contributed by atoms with van der Waals surface area (Å²) in [6.45, 7) is -0.183. The highest BCUT2D eigenvalue weighted by molar-refractivity contribution is 5.92. The van der Waals surface area contributed by atoms with Crippen LogP contribution in [-0.4, -0.2) is 77.1 Å². The zero-order valence-electron chi connectivity index (χ0n) is 19.4. The number of ether oxygens (including phenoxy) is 1. The minimum Gasteiger partial charge on any atom is -0.480 e. The lowest BCUT2D eigenvalue weighted by Gasteiger charge is -2.37. The molecule has 1 aliphatic heterocycles. The van der Waals surface area contributed by atoms with Crippen LogP contribution >= 0.6 is 0 Å². The molecule has 1 unspecified atom stereocenters. The maximum atomic E-state index is 12.9. The van der Waals surface area contributed by atoms with Gasteiger partial charge in [-0.3, -0.25) is 9.59 Å². The number of benzene rings is 2. The average molecular weight is 478 g/mol. The number of hydrogen-bond acceptors (Lipinski definition) is 5. The SMILES string of the molecule is CN1CC(C(=O)O)N(C(=O)CC2(NC(=O)OCC3c4ccccc4-c4ccccc43)CC2)CC1=O. The van der Waals surface area contributed by atoms with E-state index in [0.717, 1.165) is 27.2 Å². The first-order chi connectivity index (χ1) is 16.8. The Bertz CT molecular complexity index is 1160. The van der Waals surface area contributed by atoms with E-state index < -0.39 is 29.6 Å². The Labute approximate surface area is 202 Å². The van der Waals surface area contributed by atoms with Crippen LogP contribution in [0.5, 0.6) is 0 Å². The average Bonchev–Trinajstić information content (AvgIpc) is 3.51. The normalized spacial score (nSPS) is 20.1. The van der Waals surface area contributed by atoms with Crippen LogP contribution < -0.4 is 5.32 Å². The summed E-state index contributed by atoms with van der Waals surface area (Å²) in [5, 5.41) is 12.3. The number of carbonyl (C=O) groups is 4. The van der Waals surface area contributed by atoms with Gasteiger partial charge in [0.15, 0.2) is 0 Å². The van der Waals surface area contributed by atoms with Crippen LogP contribution in [0.3, 0.4) is 0 Å². The molecule has 3 aliphatic rings. The third-order valence-corrected chi connectivity index (χ3v) is 7.21. The van der Waals surface area contributed by atoms with E-state index in [1.165, 1.54) is 11.9 Å². The molecule has 2 aromatic carbocycles. The highest BCUT2D eigenvalue weighted by Crippen LogP contribution is 2.45. The number of nitrogens with one attached hydrogen (secondary N) is 1. The molecule has 2 aliphatic carbocycles. The molecule has 2 aromatic rings. The molecule has 35 heavy (non-hydrogen) atoms. The van der Waals surface area contributed by atoms with Crippen LogP contribution in [0.25, 0.3) is 11.1 Å². The molecule has 1 heterocycles. The summed E-state index contributed by atoms with van der Waals surface area (Å²) in [5.41, 5.74) is 3.72. The van der Waals surface area contributed by atoms with Gasteiger partial charge in [-0.2, -0.15) is 0 Å². The minimum atomic E-state index is -1.16. The fraction of sp³-hybridized carbons (Fsp3) is 0.385. The van der Waals surface area contributed by atoms with Gasteiger partial charge in [-0.15, -0.1) is 0 Å². The van der Waals surface area contributed by atoms with E-state index in [-0.39, 0.29) is 37.9 Å². The Morgan fingerprint density at radius 1 is 1.06 bits per heavy atom. The summed E-state index contributed by atoms with van der Waals surface area (Å²) in [4.78, 5) is 51.8. The van der Waals surface area contributed by atoms with Crippen molar-refractivity contribution in [3.8, 4) is 11.1 Å². The van der Waals surface area contributed by atoms with E-state index in [0.29, 0.717) is 12.8 Å². The van der Waals surface area contributed by atoms with Gasteiger partial charge in [-0.1, -0.05) is 48.5 Å². The van der Waals surface area contributed by atoms with Crippen molar-refractivity contribution in [3.63, 3.8) is 0 Å². The number of amides is 3. The van der Waals surface area contributed by atoms with Crippen molar-refractivity contribution in [2.24, 2.45) is 0 Å². The summed E-state index contributed by atoms with van der Waals surface area (Å²) in [6.07, 6.45) is 0.490. The van der Waals surface area contributed by atoms with E-state index in [1.807, 2.05) is 36.4 Å². The standard InChI is InChI=1S/C26H27N3O6/c1-28-13-21(24(32)33)29(14-23(28)31)22(30)12-26(10-11-26)27-25(34)35-15-20-18-8-4-2-6-16(18)17-7-3-5-9-19(17)20/h2-9,20-21H,10-15H2,1H3,(H,27,34)(H,32,33). The van der Waals surface area contributed by atoms with Gasteiger partial charge in [-0.05, 0) is 35.1 Å². The quantitative estimate of drug-likeness (QED) is 0.659. The van der Waals surface area contributed by atoms with Crippen LogP contribution in [0.15, 0.2) is 48.5 Å². The minimum absolute atomic E-state index is 0.0628. The second-order valence-corrected chi connectivity index (χ2v) is 9.56. The van der Waals surface area contributed by atoms with Crippen molar-refractivity contribution in [1.82, 2.24) is 15.1 Å². The molecule has 9 nitrogen and oxygen atoms in total. The molecule has 0 bridgehead atoms. The second-order valence-electron chi connectivity index (χ2n) is 9.56. The number of rotatable bonds is 6. The predicted molar refractivity (Wildman–Crippen MR) is 126 cm³/mol. The third kappa shape index (κ3) is 4.34. The molecular formula is C26H27N3O6. The molecule has 0 aromatic heterocycles. The van der Waals surface area contributed by atoms with Gasteiger partial charge in [0.05, 0.1) is 18.5 Å². The Kier molecular flexibility index (Phi) is 5.70. The molecule has 182 valence electrons. The third-order valence-electron chi connectivity index (χ3n) is 7.21. The number of fused-ring (bicyclic) bond motifs is 3. The molecule has 2 fully saturated rings. The van der Waals surface area contributed by atoms with E-state index in [9.17, 15) is 24.3 Å². The summed E-state index contributed by atoms with van der Waals surface area (Å²) < 4.78 is 5.60. The zero-order chi connectivity index (χ0) is 24.7. The molecule has 0 radical (unpaired) electrons. The maximum absolute atomic E-state index is 12.9. The smallest absolute Gasteiger partial charge is 0.407 e. The fourth-order valence-corrected chi connectivity index (χ4v) is 5.05. The summed E-state index contributed by atoms with van der Waals surface area (Å²) >= 11 is 0. The van der Waals surface area contributed by atoms with E-state index in [4.69, 9.17) is 4.74 Å². The molecule has 1 saturated heterocycles. The number of alkyl carbamates (subject to hydrolysis) is 1. The number of aliphatic carboxylic acids is 1. The van der Waals surface area contributed by atoms with Gasteiger partial charge in [-0.25, -0.2) is 9.59 Å². The zero-order valence-corrected chi connectivity index (χ0v) is 19.4. The van der Waals surface area contributed by atoms with E-state index >= 15 is 0 Å². The highest BCUT2D eigenvalue weighted by atomic mass is 16.5. The lowest BCUT2D eigenvalue weighted by molar-refractivity contribution is -0.159. The topological polar surface area (TPSA) is 116 Å². The van der Waals surface area contributed by atoms with Crippen LogP contribution in [0.1, 0.15) is 36.3 Å². The summed E-state index contributed by atoms with van der Waals surface area (Å²) in [7, 11) is 1.52. The van der Waals surface area contributed by atoms with Crippen LogP contribution in [-0.2, 0) is 19.1 Å². The Morgan fingerprint density at radius 3 is 2.23 bits per heavy atom. The molecule has 3 amide bonds. The van der Waals surface area contributed by atoms with Gasteiger partial charge in [0.1, 0.15) is 19.2 Å². The van der Waals surface area contributed by atoms with Crippen LogP contribution in [0.4, 0.5) is 4.79 Å². The monoisotopic (exact) mass is 477 g/mol. The number of piperazine rings is 1. The Hall–Kier alpha value is -3.88. The number of carboxylic acids is 1. The number of likely N-dealkylation sites (N-methyl/N-ethyl adjacent to an activating group) is 1. The molecule has 9 heteroatoms. The van der Waals surface area contributed by atoms with Crippen LogP contribution in [0, 0.1) is 0 Å². The summed E-state index contributed by atoms with van der Waals surface area (Å²) in [5.74, 6) is -2.01. The number of carbonyl (C=O) groups excluding carboxylic acids is 3. The number of nitrogens with zero attached hydrogens (tertiary/aromatic N) is 2. The van der Waals surface area contributed by atoms with E-state index in [1.54, 1.807) is 0 Å². The lowest BCUT2D eigenvalue weighted by Crippen LogP contribution is -2.60. The van der Waals surface area contributed by atoms with Gasteiger partial charge in [0, 0.05) is 13.0 Å². The first-order valence-corrected chi connectivity index (χ1v) is 11.7. The molecular weight excluding hydrogens is 450 g/mol. The van der Waals surface area contributed by atoms with Crippen molar-refractivity contribution in [2.45, 2.75) is 36.8 Å². The van der Waals surface area contributed by atoms with Gasteiger partial charge < -0.3 is 25.0 Å². The molecule has 2 N–H and O–H groups in total. The van der Waals surface area contributed by atoms with Gasteiger partial charge in [0.2, 0.25) is 11.8 Å². The Morgan fingerprint density at radius 2 is 1.66 bits per heavy atom. The molecule has 0 spiro atoms. The van der Waals surface area contributed by atoms with Crippen molar-refractivity contribution in [3.05, 3.63) is 59.7 Å². The van der Waals surface area contributed by atoms with Crippen molar-refractivity contribution in [1.29, 1.82) is 0 Å². The molecule has 1 atom stereocenters. The Balaban J connectivity index is 1.21. The largest absolute Gasteiger partial charge is 0.480 e. The first kappa shape index (κ1) is 22.9. The first-order valence-electron chi connectivity index (χ1n) is 11.7. The van der Waals surface area contributed by atoms with Gasteiger partial charge >= 0.3 is 12.1 Å². The fourth-order valence-electron chi connectivity index (χ4n) is 5.05.